The van der Waals surface area contributed by atoms with Gasteiger partial charge in [-0.05, 0) is 0 Å². The van der Waals surface area contributed by atoms with Gasteiger partial charge >= 0.3 is 53.4 Å². The van der Waals surface area contributed by atoms with Gasteiger partial charge in [-0.15, -0.1) is 0 Å². The Balaban J connectivity index is 0. The predicted molar refractivity (Wildman–Crippen MR) is 70.0 cm³/mol. The van der Waals surface area contributed by atoms with Crippen molar-refractivity contribution in [2.75, 3.05) is 26.2 Å². The van der Waals surface area contributed by atoms with E-state index in [1.165, 1.54) is 0 Å². The number of nitrogens with zero attached hydrogens (tertiary/aromatic N) is 2. The Kier molecular flexibility index (Phi) is 11.2. The molecule has 0 atom stereocenters. The Hall–Kier alpha value is -1.78. The molecule has 0 unspecified atom stereocenters. The Bertz CT molecular complexity index is 355. The van der Waals surface area contributed by atoms with E-state index in [9.17, 15) is 19.2 Å². The van der Waals surface area contributed by atoms with Crippen molar-refractivity contribution < 1.29 is 39.6 Å². The summed E-state index contributed by atoms with van der Waals surface area (Å²) in [7, 11) is 0. The maximum absolute atomic E-state index is 10.5. The first-order valence-corrected chi connectivity index (χ1v) is 5.24. The van der Waals surface area contributed by atoms with E-state index in [4.69, 9.17) is 20.4 Å². The van der Waals surface area contributed by atoms with Crippen LogP contribution in [0.3, 0.4) is 0 Å². The van der Waals surface area contributed by atoms with E-state index in [-0.39, 0.29) is 29.6 Å². The second-order valence-corrected chi connectivity index (χ2v) is 3.68. The Morgan fingerprint density at radius 2 is 0.810 bits per heavy atom. The molecule has 0 aliphatic rings. The monoisotopic (exact) mass is 314 g/mol. The first-order chi connectivity index (χ1) is 9.20. The van der Waals surface area contributed by atoms with Gasteiger partial charge in [0.15, 0.2) is 0 Å². The van der Waals surface area contributed by atoms with Crippen LogP contribution in [0.5, 0.6) is 0 Å². The fourth-order valence-corrected chi connectivity index (χ4v) is 1.21. The van der Waals surface area contributed by atoms with Crippen LogP contribution in [0.4, 0.5) is 0 Å². The summed E-state index contributed by atoms with van der Waals surface area (Å²) < 4.78 is 0. The standard InChI is InChI=1S/C10H14N2O8.Na.H/c13-7(14)3-11(4-8(15)16)1-2-12(5-9(17)18)6-10(19)20;;/h1-2H,3-6H2,(H,13,14)(H,15,16)(H,17,18)(H,19,20);;. The van der Waals surface area contributed by atoms with Crippen LogP contribution in [-0.2, 0) is 19.2 Å². The van der Waals surface area contributed by atoms with Gasteiger partial charge in [-0.1, -0.05) is 0 Å². The van der Waals surface area contributed by atoms with Crippen molar-refractivity contribution in [3.63, 3.8) is 0 Å². The quantitative estimate of drug-likeness (QED) is 0.325. The molecular formula is C10H15N2NaO8. The number of carbonyl (C=O) groups is 4. The molecule has 4 N–H and O–H groups in total. The second kappa shape index (κ2) is 10.9. The van der Waals surface area contributed by atoms with Crippen molar-refractivity contribution in [1.82, 2.24) is 9.80 Å². The molecule has 0 aliphatic heterocycles. The molecule has 0 amide bonds. The molecule has 0 rings (SSSR count). The van der Waals surface area contributed by atoms with Gasteiger partial charge in [-0.3, -0.25) is 19.2 Å². The molecule has 0 heterocycles. The van der Waals surface area contributed by atoms with Gasteiger partial charge in [0.2, 0.25) is 0 Å². The normalized spacial score (nSPS) is 9.71. The summed E-state index contributed by atoms with van der Waals surface area (Å²) in [5.74, 6) is -5.12. The maximum atomic E-state index is 10.5. The second-order valence-electron chi connectivity index (χ2n) is 3.68. The van der Waals surface area contributed by atoms with Crippen LogP contribution in [0.1, 0.15) is 0 Å². The summed E-state index contributed by atoms with van der Waals surface area (Å²) >= 11 is 0. The van der Waals surface area contributed by atoms with Crippen LogP contribution in [0, 0.1) is 0 Å². The van der Waals surface area contributed by atoms with Gasteiger partial charge in [-0.25, -0.2) is 0 Å². The zero-order valence-corrected chi connectivity index (χ0v) is 10.3. The van der Waals surface area contributed by atoms with Crippen molar-refractivity contribution in [2.24, 2.45) is 0 Å². The molecule has 21 heavy (non-hydrogen) atoms. The number of hydrogen-bond donors (Lipinski definition) is 4. The number of rotatable bonds is 10. The minimum absolute atomic E-state index is 0. The average Bonchev–Trinajstić information content (AvgIpc) is 2.22. The van der Waals surface area contributed by atoms with Gasteiger partial charge in [-0.2, -0.15) is 0 Å². The van der Waals surface area contributed by atoms with Crippen LogP contribution in [-0.4, -0.2) is 110 Å². The van der Waals surface area contributed by atoms with E-state index in [1.807, 2.05) is 0 Å². The fourth-order valence-electron chi connectivity index (χ4n) is 1.21. The predicted octanol–water partition coefficient (Wildman–Crippen LogP) is -2.25. The van der Waals surface area contributed by atoms with Crippen molar-refractivity contribution in [3.8, 4) is 0 Å². The summed E-state index contributed by atoms with van der Waals surface area (Å²) in [5.41, 5.74) is 0. The van der Waals surface area contributed by atoms with Gasteiger partial charge in [0.1, 0.15) is 26.2 Å². The summed E-state index contributed by atoms with van der Waals surface area (Å²) in [6.07, 6.45) is 2.04. The van der Waals surface area contributed by atoms with Crippen LogP contribution in [0.25, 0.3) is 0 Å². The minimum atomic E-state index is -1.28. The molecule has 0 aromatic carbocycles. The van der Waals surface area contributed by atoms with Gasteiger partial charge in [0.05, 0.1) is 0 Å². The van der Waals surface area contributed by atoms with E-state index in [0.717, 1.165) is 22.2 Å². The zero-order valence-electron chi connectivity index (χ0n) is 10.3. The van der Waals surface area contributed by atoms with Crippen molar-refractivity contribution in [3.05, 3.63) is 12.4 Å². The summed E-state index contributed by atoms with van der Waals surface area (Å²) in [4.78, 5) is 43.9. The third-order valence-electron chi connectivity index (χ3n) is 1.84. The van der Waals surface area contributed by atoms with E-state index in [0.29, 0.717) is 0 Å². The third-order valence-corrected chi connectivity index (χ3v) is 1.84. The molecule has 0 saturated heterocycles. The van der Waals surface area contributed by atoms with Crippen molar-refractivity contribution >= 4 is 53.4 Å². The molecule has 0 spiro atoms. The van der Waals surface area contributed by atoms with Crippen LogP contribution >= 0.6 is 0 Å². The molecule has 0 aromatic heterocycles. The molecule has 114 valence electrons. The SMILES string of the molecule is O=C(O)CN(C=CN(CC(=O)O)CC(=O)O)CC(=O)O.[NaH]. The number of carboxylic acid groups (broad SMARTS) is 4. The molecule has 0 aliphatic carbocycles. The summed E-state index contributed by atoms with van der Waals surface area (Å²) in [5, 5.41) is 34.3. The van der Waals surface area contributed by atoms with Crippen molar-refractivity contribution in [1.29, 1.82) is 0 Å². The first-order valence-electron chi connectivity index (χ1n) is 5.24. The molecule has 0 radical (unpaired) electrons. The summed E-state index contributed by atoms with van der Waals surface area (Å²) in [6.45, 7) is -2.46. The van der Waals surface area contributed by atoms with E-state index < -0.39 is 50.1 Å². The van der Waals surface area contributed by atoms with Gasteiger partial charge in [0, 0.05) is 12.4 Å². The number of carboxylic acids is 4. The molecule has 0 bridgehead atoms. The first kappa shape index (κ1) is 21.5. The van der Waals surface area contributed by atoms with E-state index >= 15 is 0 Å². The van der Waals surface area contributed by atoms with E-state index in [1.54, 1.807) is 0 Å². The molecular weight excluding hydrogens is 299 g/mol. The van der Waals surface area contributed by atoms with Crippen LogP contribution in [0.2, 0.25) is 0 Å². The molecule has 0 saturated carbocycles. The van der Waals surface area contributed by atoms with E-state index in [2.05, 4.69) is 0 Å². The van der Waals surface area contributed by atoms with Crippen LogP contribution < -0.4 is 0 Å². The average molecular weight is 314 g/mol. The number of aliphatic carboxylic acids is 4. The molecule has 10 nitrogen and oxygen atoms in total. The number of hydrogen-bond acceptors (Lipinski definition) is 6. The Morgan fingerprint density at radius 1 is 0.619 bits per heavy atom. The summed E-state index contributed by atoms with van der Waals surface area (Å²) in [6, 6.07) is 0. The topological polar surface area (TPSA) is 156 Å². The third kappa shape index (κ3) is 13.0. The van der Waals surface area contributed by atoms with Crippen molar-refractivity contribution in [2.45, 2.75) is 0 Å². The molecule has 11 heteroatoms. The van der Waals surface area contributed by atoms with Crippen LogP contribution in [0.15, 0.2) is 12.4 Å². The Morgan fingerprint density at radius 3 is 0.952 bits per heavy atom. The molecule has 0 fully saturated rings. The molecule has 0 aromatic rings. The van der Waals surface area contributed by atoms with Gasteiger partial charge in [0.25, 0.3) is 0 Å². The van der Waals surface area contributed by atoms with Gasteiger partial charge < -0.3 is 30.2 Å². The fraction of sp³-hybridized carbons (Fsp3) is 0.400. The zero-order chi connectivity index (χ0) is 15.7. The Labute approximate surface area is 141 Å².